The molecule has 5 heteroatoms. The van der Waals surface area contributed by atoms with Crippen LogP contribution in [0.25, 0.3) is 0 Å². The van der Waals surface area contributed by atoms with E-state index >= 15 is 0 Å². The minimum atomic E-state index is 0. The summed E-state index contributed by atoms with van der Waals surface area (Å²) in [7, 11) is 1.92. The van der Waals surface area contributed by atoms with E-state index in [9.17, 15) is 0 Å². The molecular weight excluding hydrogens is 399 g/mol. The Morgan fingerprint density at radius 2 is 1.87 bits per heavy atom. The molecule has 23 heavy (non-hydrogen) atoms. The molecule has 2 aliphatic rings. The van der Waals surface area contributed by atoms with E-state index in [1.54, 1.807) is 0 Å². The van der Waals surface area contributed by atoms with Crippen LogP contribution in [-0.2, 0) is 0 Å². The Morgan fingerprint density at radius 1 is 1.17 bits per heavy atom. The molecule has 0 saturated carbocycles. The van der Waals surface area contributed by atoms with Crippen LogP contribution in [0.4, 0.5) is 0 Å². The topological polar surface area (TPSA) is 30.9 Å². The first-order chi connectivity index (χ1) is 10.8. The molecule has 2 rings (SSSR count). The van der Waals surface area contributed by atoms with E-state index in [-0.39, 0.29) is 24.0 Å². The number of nitrogens with one attached hydrogen (secondary N) is 1. The van der Waals surface area contributed by atoms with Gasteiger partial charge < -0.3 is 15.1 Å². The third-order valence-corrected chi connectivity index (χ3v) is 5.58. The molecule has 0 aromatic carbocycles. The Kier molecular flexibility index (Phi) is 10.5. The molecule has 0 aromatic heterocycles. The van der Waals surface area contributed by atoms with Gasteiger partial charge in [0.25, 0.3) is 0 Å². The highest BCUT2D eigenvalue weighted by Gasteiger charge is 2.29. The van der Waals surface area contributed by atoms with Crippen LogP contribution in [0.1, 0.15) is 52.4 Å². The maximum atomic E-state index is 4.50. The van der Waals surface area contributed by atoms with Crippen molar-refractivity contribution in [3.05, 3.63) is 0 Å². The molecule has 2 saturated heterocycles. The van der Waals surface area contributed by atoms with Gasteiger partial charge in [-0.25, -0.2) is 0 Å². The normalized spacial score (nSPS) is 22.7. The minimum absolute atomic E-state index is 0. The van der Waals surface area contributed by atoms with Crippen molar-refractivity contribution in [3.8, 4) is 0 Å². The highest BCUT2D eigenvalue weighted by molar-refractivity contribution is 14.0. The van der Waals surface area contributed by atoms with Gasteiger partial charge in [-0.1, -0.05) is 26.7 Å². The average Bonchev–Trinajstić information content (AvgIpc) is 3.21. The van der Waals surface area contributed by atoms with Crippen molar-refractivity contribution in [2.45, 2.75) is 52.4 Å². The molecule has 0 spiro atoms. The van der Waals surface area contributed by atoms with E-state index in [1.165, 1.54) is 71.2 Å². The van der Waals surface area contributed by atoms with Gasteiger partial charge in [0.2, 0.25) is 0 Å². The Bertz CT molecular complexity index is 338. The summed E-state index contributed by atoms with van der Waals surface area (Å²) in [6.45, 7) is 11.9. The molecule has 0 bridgehead atoms. The predicted octanol–water partition coefficient (Wildman–Crippen LogP) is 3.42. The second-order valence-corrected chi connectivity index (χ2v) is 6.95. The van der Waals surface area contributed by atoms with Crippen LogP contribution >= 0.6 is 24.0 Å². The number of nitrogens with zero attached hydrogens (tertiary/aromatic N) is 3. The van der Waals surface area contributed by atoms with E-state index in [0.29, 0.717) is 0 Å². The van der Waals surface area contributed by atoms with Crippen molar-refractivity contribution in [2.75, 3.05) is 46.3 Å². The standard InChI is InChI=1S/C18H36N4.HI/c1-4-16(5-2)17-9-14-22(15-17)18(19-3)20-10-8-13-21-11-6-7-12-21;/h16-17H,4-15H2,1-3H3,(H,19,20);1H. The molecule has 1 N–H and O–H groups in total. The highest BCUT2D eigenvalue weighted by atomic mass is 127. The lowest BCUT2D eigenvalue weighted by Gasteiger charge is -2.24. The maximum Gasteiger partial charge on any atom is 0.193 e. The SMILES string of the molecule is CCC(CC)C1CCN(C(=NC)NCCCN2CCCC2)C1.I. The first-order valence-corrected chi connectivity index (χ1v) is 9.46. The third-order valence-electron chi connectivity index (χ3n) is 5.58. The maximum absolute atomic E-state index is 4.50. The van der Waals surface area contributed by atoms with Crippen LogP contribution in [0.2, 0.25) is 0 Å². The molecule has 0 amide bonds. The molecule has 2 fully saturated rings. The summed E-state index contributed by atoms with van der Waals surface area (Å²) in [5.74, 6) is 2.87. The summed E-state index contributed by atoms with van der Waals surface area (Å²) in [4.78, 5) is 9.56. The van der Waals surface area contributed by atoms with Crippen molar-refractivity contribution in [1.29, 1.82) is 0 Å². The first-order valence-electron chi connectivity index (χ1n) is 9.46. The lowest BCUT2D eigenvalue weighted by atomic mass is 9.87. The summed E-state index contributed by atoms with van der Waals surface area (Å²) in [6.07, 6.45) is 7.97. The number of guanidine groups is 1. The fraction of sp³-hybridized carbons (Fsp3) is 0.944. The molecular formula is C18H37IN4. The van der Waals surface area contributed by atoms with Crippen LogP contribution in [-0.4, -0.2) is 62.1 Å². The predicted molar refractivity (Wildman–Crippen MR) is 111 cm³/mol. The van der Waals surface area contributed by atoms with E-state index in [4.69, 9.17) is 0 Å². The largest absolute Gasteiger partial charge is 0.356 e. The Hall–Kier alpha value is -0.0400. The summed E-state index contributed by atoms with van der Waals surface area (Å²) < 4.78 is 0. The first kappa shape index (κ1) is 21.0. The number of likely N-dealkylation sites (tertiary alicyclic amines) is 2. The zero-order valence-electron chi connectivity index (χ0n) is 15.4. The summed E-state index contributed by atoms with van der Waals surface area (Å²) in [5, 5.41) is 3.58. The fourth-order valence-corrected chi connectivity index (χ4v) is 4.16. The molecule has 2 aliphatic heterocycles. The Labute approximate surface area is 160 Å². The number of halogens is 1. The van der Waals surface area contributed by atoms with Crippen LogP contribution in [0.5, 0.6) is 0 Å². The van der Waals surface area contributed by atoms with Gasteiger partial charge in [0.05, 0.1) is 0 Å². The van der Waals surface area contributed by atoms with Crippen molar-refractivity contribution < 1.29 is 0 Å². The number of rotatable bonds is 7. The summed E-state index contributed by atoms with van der Waals surface area (Å²) >= 11 is 0. The summed E-state index contributed by atoms with van der Waals surface area (Å²) in [6, 6.07) is 0. The number of hydrogen-bond acceptors (Lipinski definition) is 2. The van der Waals surface area contributed by atoms with Crippen molar-refractivity contribution >= 4 is 29.9 Å². The molecule has 0 radical (unpaired) electrons. The van der Waals surface area contributed by atoms with Gasteiger partial charge in [0, 0.05) is 26.7 Å². The molecule has 136 valence electrons. The van der Waals surface area contributed by atoms with Gasteiger partial charge in [-0.2, -0.15) is 0 Å². The second kappa shape index (κ2) is 11.5. The molecule has 0 aromatic rings. The molecule has 2 heterocycles. The second-order valence-electron chi connectivity index (χ2n) is 6.95. The Morgan fingerprint density at radius 3 is 2.48 bits per heavy atom. The van der Waals surface area contributed by atoms with Crippen molar-refractivity contribution in [3.63, 3.8) is 0 Å². The third kappa shape index (κ3) is 6.40. The van der Waals surface area contributed by atoms with E-state index in [2.05, 4.69) is 34.0 Å². The van der Waals surface area contributed by atoms with E-state index < -0.39 is 0 Å². The lowest BCUT2D eigenvalue weighted by Crippen LogP contribution is -2.41. The van der Waals surface area contributed by atoms with E-state index in [0.717, 1.165) is 24.3 Å². The number of hydrogen-bond donors (Lipinski definition) is 1. The molecule has 1 atom stereocenters. The fourth-order valence-electron chi connectivity index (χ4n) is 4.16. The van der Waals surface area contributed by atoms with Crippen LogP contribution in [0.15, 0.2) is 4.99 Å². The lowest BCUT2D eigenvalue weighted by molar-refractivity contribution is 0.317. The zero-order valence-corrected chi connectivity index (χ0v) is 17.7. The smallest absolute Gasteiger partial charge is 0.193 e. The zero-order chi connectivity index (χ0) is 15.8. The van der Waals surface area contributed by atoms with E-state index in [1.807, 2.05) is 7.05 Å². The Balaban J connectivity index is 0.00000264. The monoisotopic (exact) mass is 436 g/mol. The highest BCUT2D eigenvalue weighted by Crippen LogP contribution is 2.28. The van der Waals surface area contributed by atoms with Gasteiger partial charge in [-0.05, 0) is 57.2 Å². The van der Waals surface area contributed by atoms with Gasteiger partial charge in [0.1, 0.15) is 0 Å². The van der Waals surface area contributed by atoms with Crippen LogP contribution < -0.4 is 5.32 Å². The average molecular weight is 436 g/mol. The van der Waals surface area contributed by atoms with Gasteiger partial charge in [0.15, 0.2) is 5.96 Å². The van der Waals surface area contributed by atoms with Gasteiger partial charge in [-0.3, -0.25) is 4.99 Å². The van der Waals surface area contributed by atoms with Crippen LogP contribution in [0.3, 0.4) is 0 Å². The molecule has 4 nitrogen and oxygen atoms in total. The quantitative estimate of drug-likeness (QED) is 0.287. The molecule has 1 unspecified atom stereocenters. The van der Waals surface area contributed by atoms with Crippen LogP contribution in [0, 0.1) is 11.8 Å². The number of aliphatic imine (C=N–C) groups is 1. The van der Waals surface area contributed by atoms with Gasteiger partial charge >= 0.3 is 0 Å². The van der Waals surface area contributed by atoms with Gasteiger partial charge in [-0.15, -0.1) is 24.0 Å². The molecule has 0 aliphatic carbocycles. The van der Waals surface area contributed by atoms with Crippen molar-refractivity contribution in [1.82, 2.24) is 15.1 Å². The van der Waals surface area contributed by atoms with Crippen molar-refractivity contribution in [2.24, 2.45) is 16.8 Å². The minimum Gasteiger partial charge on any atom is -0.356 e. The summed E-state index contributed by atoms with van der Waals surface area (Å²) in [5.41, 5.74) is 0.